The van der Waals surface area contributed by atoms with Crippen LogP contribution in [0.15, 0.2) is 12.3 Å². The summed E-state index contributed by atoms with van der Waals surface area (Å²) in [4.78, 5) is 15.2. The van der Waals surface area contributed by atoms with Gasteiger partial charge >= 0.3 is 0 Å². The van der Waals surface area contributed by atoms with E-state index in [0.717, 1.165) is 62.1 Å². The van der Waals surface area contributed by atoms with Crippen LogP contribution < -0.4 is 0 Å². The van der Waals surface area contributed by atoms with Gasteiger partial charge in [-0.05, 0) is 68.8 Å². The molecule has 2 heterocycles. The number of aromatic nitrogens is 2. The normalized spacial score (nSPS) is 30.7. The third kappa shape index (κ3) is 5.42. The van der Waals surface area contributed by atoms with E-state index in [9.17, 15) is 4.79 Å². The molecule has 3 fully saturated rings. The number of rotatable bonds is 8. The predicted octanol–water partition coefficient (Wildman–Crippen LogP) is 4.91. The van der Waals surface area contributed by atoms with E-state index in [0.29, 0.717) is 25.0 Å². The Morgan fingerprint density at radius 3 is 2.66 bits per heavy atom. The maximum Gasteiger partial charge on any atom is 0.222 e. The minimum absolute atomic E-state index is 0.126. The number of nitrogens with zero attached hydrogens (tertiary/aromatic N) is 2. The van der Waals surface area contributed by atoms with E-state index in [2.05, 4.69) is 35.0 Å². The molecule has 0 aromatic carbocycles. The van der Waals surface area contributed by atoms with E-state index in [4.69, 9.17) is 4.74 Å². The van der Waals surface area contributed by atoms with E-state index in [1.54, 1.807) is 0 Å². The van der Waals surface area contributed by atoms with Crippen molar-refractivity contribution in [1.82, 2.24) is 15.1 Å². The van der Waals surface area contributed by atoms with Gasteiger partial charge in [0.1, 0.15) is 0 Å². The first-order valence-electron chi connectivity index (χ1n) is 12.0. The highest BCUT2D eigenvalue weighted by molar-refractivity contribution is 5.76. The third-order valence-electron chi connectivity index (χ3n) is 7.63. The summed E-state index contributed by atoms with van der Waals surface area (Å²) in [6.07, 6.45) is 13.7. The van der Waals surface area contributed by atoms with Gasteiger partial charge in [0.25, 0.3) is 0 Å². The molecular weight excluding hydrogens is 362 g/mol. The number of hydrogen-bond donors (Lipinski definition) is 1. The largest absolute Gasteiger partial charge is 0.376 e. The second kappa shape index (κ2) is 9.63. The molecule has 5 nitrogen and oxygen atoms in total. The second-order valence-electron chi connectivity index (χ2n) is 10.00. The van der Waals surface area contributed by atoms with Crippen LogP contribution in [0.2, 0.25) is 0 Å². The highest BCUT2D eigenvalue weighted by Gasteiger charge is 2.37. The molecule has 1 saturated heterocycles. The number of H-pyrrole nitrogens is 1. The summed E-state index contributed by atoms with van der Waals surface area (Å²) in [6, 6.07) is 2.20. The first-order chi connectivity index (χ1) is 14.1. The van der Waals surface area contributed by atoms with E-state index in [1.165, 1.54) is 25.7 Å². The lowest BCUT2D eigenvalue weighted by molar-refractivity contribution is -0.138. The Balaban J connectivity index is 1.38. The zero-order valence-corrected chi connectivity index (χ0v) is 18.3. The van der Waals surface area contributed by atoms with Crippen molar-refractivity contribution in [1.29, 1.82) is 0 Å². The SMILES string of the molecule is CC(C)[C@H]1CC[C@@H](OC[C@H]2[C@@H](c3cc[nH]n3)CCCN2C(=O)CCC2CC2)CC1. The summed E-state index contributed by atoms with van der Waals surface area (Å²) in [6.45, 7) is 6.21. The van der Waals surface area contributed by atoms with Crippen LogP contribution in [0.4, 0.5) is 0 Å². The zero-order valence-electron chi connectivity index (χ0n) is 18.3. The lowest BCUT2D eigenvalue weighted by Gasteiger charge is -2.42. The molecule has 2 atom stereocenters. The molecule has 0 radical (unpaired) electrons. The van der Waals surface area contributed by atoms with Crippen LogP contribution in [0, 0.1) is 17.8 Å². The summed E-state index contributed by atoms with van der Waals surface area (Å²) >= 11 is 0. The van der Waals surface area contributed by atoms with Crippen molar-refractivity contribution < 1.29 is 9.53 Å². The van der Waals surface area contributed by atoms with Crippen LogP contribution in [0.3, 0.4) is 0 Å². The molecular formula is C24H39N3O2. The number of likely N-dealkylation sites (tertiary alicyclic amines) is 1. The highest BCUT2D eigenvalue weighted by atomic mass is 16.5. The van der Waals surface area contributed by atoms with Crippen molar-refractivity contribution in [2.75, 3.05) is 13.2 Å². The summed E-state index contributed by atoms with van der Waals surface area (Å²) in [7, 11) is 0. The minimum atomic E-state index is 0.126. The average molecular weight is 402 g/mol. The average Bonchev–Trinajstić information content (AvgIpc) is 3.41. The standard InChI is InChI=1S/C24H39N3O2/c1-17(2)19-8-10-20(11-9-19)29-16-23-21(22-13-14-25-26-22)4-3-15-27(23)24(28)12-7-18-5-6-18/h13-14,17-21,23H,3-12,15-16H2,1-2H3,(H,25,26)/t19-,20+,21-,23+/m1/s1. The summed E-state index contributed by atoms with van der Waals surface area (Å²) in [5.74, 6) is 3.04. The molecule has 2 aliphatic carbocycles. The molecule has 1 amide bonds. The fourth-order valence-corrected chi connectivity index (χ4v) is 5.43. The third-order valence-corrected chi connectivity index (χ3v) is 7.63. The molecule has 1 aliphatic heterocycles. The number of nitrogens with one attached hydrogen (secondary N) is 1. The molecule has 1 aromatic heterocycles. The van der Waals surface area contributed by atoms with Crippen molar-refractivity contribution in [3.63, 3.8) is 0 Å². The van der Waals surface area contributed by atoms with Gasteiger partial charge in [0.05, 0.1) is 24.4 Å². The van der Waals surface area contributed by atoms with Crippen molar-refractivity contribution in [2.24, 2.45) is 17.8 Å². The van der Waals surface area contributed by atoms with Gasteiger partial charge in [0.15, 0.2) is 0 Å². The molecule has 29 heavy (non-hydrogen) atoms. The number of hydrogen-bond acceptors (Lipinski definition) is 3. The molecule has 162 valence electrons. The predicted molar refractivity (Wildman–Crippen MR) is 115 cm³/mol. The lowest BCUT2D eigenvalue weighted by Crippen LogP contribution is -2.50. The Hall–Kier alpha value is -1.36. The van der Waals surface area contributed by atoms with Crippen molar-refractivity contribution in [3.05, 3.63) is 18.0 Å². The fraction of sp³-hybridized carbons (Fsp3) is 0.833. The summed E-state index contributed by atoms with van der Waals surface area (Å²) in [5.41, 5.74) is 1.09. The maximum atomic E-state index is 13.1. The van der Waals surface area contributed by atoms with Gasteiger partial charge in [-0.15, -0.1) is 0 Å². The number of aromatic amines is 1. The zero-order chi connectivity index (χ0) is 20.2. The van der Waals surface area contributed by atoms with E-state index in [1.807, 2.05) is 6.20 Å². The van der Waals surface area contributed by atoms with Crippen LogP contribution in [-0.4, -0.2) is 46.3 Å². The topological polar surface area (TPSA) is 58.2 Å². The first kappa shape index (κ1) is 20.9. The van der Waals surface area contributed by atoms with Crippen LogP contribution in [0.5, 0.6) is 0 Å². The van der Waals surface area contributed by atoms with Crippen LogP contribution in [-0.2, 0) is 9.53 Å². The van der Waals surface area contributed by atoms with Crippen molar-refractivity contribution in [2.45, 2.75) is 96.1 Å². The molecule has 1 N–H and O–H groups in total. The molecule has 0 unspecified atom stereocenters. The quantitative estimate of drug-likeness (QED) is 0.673. The number of amides is 1. The van der Waals surface area contributed by atoms with Crippen molar-refractivity contribution in [3.8, 4) is 0 Å². The van der Waals surface area contributed by atoms with Crippen LogP contribution in [0.25, 0.3) is 0 Å². The van der Waals surface area contributed by atoms with Gasteiger partial charge in [-0.1, -0.05) is 26.7 Å². The van der Waals surface area contributed by atoms with Crippen LogP contribution >= 0.6 is 0 Å². The van der Waals surface area contributed by atoms with Gasteiger partial charge in [-0.25, -0.2) is 0 Å². The summed E-state index contributed by atoms with van der Waals surface area (Å²) in [5, 5.41) is 7.44. The van der Waals surface area contributed by atoms with E-state index >= 15 is 0 Å². The van der Waals surface area contributed by atoms with E-state index < -0.39 is 0 Å². The maximum absolute atomic E-state index is 13.1. The van der Waals surface area contributed by atoms with Gasteiger partial charge in [-0.2, -0.15) is 5.10 Å². The fourth-order valence-electron chi connectivity index (χ4n) is 5.43. The number of piperidine rings is 1. The molecule has 4 rings (SSSR count). The Kier molecular flexibility index (Phi) is 6.94. The smallest absolute Gasteiger partial charge is 0.222 e. The Bertz CT molecular complexity index is 633. The molecule has 0 bridgehead atoms. The molecule has 0 spiro atoms. The molecule has 2 saturated carbocycles. The lowest BCUT2D eigenvalue weighted by atomic mass is 9.80. The van der Waals surface area contributed by atoms with Gasteiger partial charge in [0, 0.05) is 25.1 Å². The van der Waals surface area contributed by atoms with Gasteiger partial charge in [0.2, 0.25) is 5.91 Å². The monoisotopic (exact) mass is 401 g/mol. The van der Waals surface area contributed by atoms with Crippen LogP contribution in [0.1, 0.15) is 89.7 Å². The van der Waals surface area contributed by atoms with E-state index in [-0.39, 0.29) is 12.0 Å². The number of carbonyl (C=O) groups excluding carboxylic acids is 1. The molecule has 5 heteroatoms. The molecule has 1 aromatic rings. The highest BCUT2D eigenvalue weighted by Crippen LogP contribution is 2.37. The Morgan fingerprint density at radius 1 is 1.21 bits per heavy atom. The van der Waals surface area contributed by atoms with Gasteiger partial charge < -0.3 is 9.64 Å². The van der Waals surface area contributed by atoms with Crippen molar-refractivity contribution >= 4 is 5.91 Å². The number of ether oxygens (including phenoxy) is 1. The minimum Gasteiger partial charge on any atom is -0.376 e. The van der Waals surface area contributed by atoms with Gasteiger partial charge in [-0.3, -0.25) is 9.89 Å². The molecule has 3 aliphatic rings. The Morgan fingerprint density at radius 2 is 2.00 bits per heavy atom. The first-order valence-corrected chi connectivity index (χ1v) is 12.0. The Labute approximate surface area is 176 Å². The number of carbonyl (C=O) groups is 1. The summed E-state index contributed by atoms with van der Waals surface area (Å²) < 4.78 is 6.47. The second-order valence-corrected chi connectivity index (χ2v) is 10.00.